The van der Waals surface area contributed by atoms with Gasteiger partial charge in [0.1, 0.15) is 18.1 Å². The van der Waals surface area contributed by atoms with Crippen molar-refractivity contribution < 1.29 is 56.0 Å². The summed E-state index contributed by atoms with van der Waals surface area (Å²) in [5.74, 6) is -5.48. The number of halogens is 6. The van der Waals surface area contributed by atoms with Gasteiger partial charge in [-0.15, -0.1) is 0 Å². The lowest BCUT2D eigenvalue weighted by Crippen LogP contribution is -2.40. The number of hydrogen-bond donors (Lipinski definition) is 3. The fraction of sp³-hybridized carbons (Fsp3) is 0.244. The maximum atomic E-state index is 14.2. The minimum atomic E-state index is -5.23. The van der Waals surface area contributed by atoms with Gasteiger partial charge in [-0.1, -0.05) is 84.9 Å². The van der Waals surface area contributed by atoms with Crippen molar-refractivity contribution in [3.05, 3.63) is 149 Å². The van der Waals surface area contributed by atoms with Gasteiger partial charge in [0.05, 0.1) is 41.4 Å². The van der Waals surface area contributed by atoms with Crippen LogP contribution < -0.4 is 9.64 Å². The number of carbonyl (C=O) groups is 2. The van der Waals surface area contributed by atoms with Crippen molar-refractivity contribution in [2.24, 2.45) is 17.8 Å². The van der Waals surface area contributed by atoms with Crippen molar-refractivity contribution in [2.45, 2.75) is 37.7 Å². The Labute approximate surface area is 329 Å². The summed E-state index contributed by atoms with van der Waals surface area (Å²) >= 11 is 0. The molecule has 0 unspecified atom stereocenters. The summed E-state index contributed by atoms with van der Waals surface area (Å²) in [6.45, 7) is -0.965. The molecular formula is C45H37F6NO6. The molecule has 1 fully saturated rings. The molecule has 300 valence electrons. The Kier molecular flexibility index (Phi) is 11.2. The van der Waals surface area contributed by atoms with Crippen LogP contribution in [0.1, 0.15) is 41.5 Å². The van der Waals surface area contributed by atoms with Gasteiger partial charge in [-0.25, -0.2) is 4.90 Å². The number of ether oxygens (including phenoxy) is 1. The van der Waals surface area contributed by atoms with Crippen LogP contribution in [-0.2, 0) is 21.9 Å². The van der Waals surface area contributed by atoms with E-state index in [0.29, 0.717) is 33.7 Å². The summed E-state index contributed by atoms with van der Waals surface area (Å²) in [4.78, 5) is 28.5. The summed E-state index contributed by atoms with van der Waals surface area (Å²) in [6.07, 6.45) is -9.77. The molecule has 1 aliphatic heterocycles. The second kappa shape index (κ2) is 16.1. The van der Waals surface area contributed by atoms with Crippen LogP contribution in [0.25, 0.3) is 22.4 Å². The molecular weight excluding hydrogens is 764 g/mol. The number of carbonyl (C=O) groups excluding carboxylic acids is 2. The van der Waals surface area contributed by atoms with E-state index in [0.717, 1.165) is 22.1 Å². The molecule has 2 aliphatic rings. The van der Waals surface area contributed by atoms with Crippen LogP contribution in [0, 0.1) is 17.8 Å². The van der Waals surface area contributed by atoms with Gasteiger partial charge in [0.15, 0.2) is 0 Å². The number of imide groups is 1. The standard InChI is InChI=1S/C45H37F6NO6/c46-44(47,48)30-21-31(45(49,50)51)23-32(22-30)52-42(56)36-20-29(25-58-33-11-5-2-6-12-33)40(37(24-53)41(36)43(52)57)39(55)18-15-27(26-9-3-1-4-10-26)19-28-16-17-38(54)35-14-8-7-13-34(28)35/h1-14,16-17,19,21-23,36-37,39,41,53-55H,15,18,20,24-25H2/b27-19-/t36-,37+,39-,41-/m1/s1. The second-order valence-corrected chi connectivity index (χ2v) is 14.4. The predicted octanol–water partition coefficient (Wildman–Crippen LogP) is 9.46. The highest BCUT2D eigenvalue weighted by Gasteiger charge is 2.56. The molecule has 1 heterocycles. The van der Waals surface area contributed by atoms with E-state index in [1.54, 1.807) is 48.5 Å². The average molecular weight is 802 g/mol. The summed E-state index contributed by atoms with van der Waals surface area (Å²) in [6, 6.07) is 29.2. The summed E-state index contributed by atoms with van der Waals surface area (Å²) in [5, 5.41) is 34.9. The minimum Gasteiger partial charge on any atom is -0.507 e. The zero-order valence-corrected chi connectivity index (χ0v) is 30.7. The molecule has 0 aromatic heterocycles. The fourth-order valence-corrected chi connectivity index (χ4v) is 8.12. The molecule has 3 N–H and O–H groups in total. The van der Waals surface area contributed by atoms with E-state index >= 15 is 0 Å². The molecule has 7 rings (SSSR count). The predicted molar refractivity (Wildman–Crippen MR) is 205 cm³/mol. The van der Waals surface area contributed by atoms with Crippen molar-refractivity contribution in [1.82, 2.24) is 0 Å². The number of phenols is 1. The molecule has 2 amide bonds. The topological polar surface area (TPSA) is 107 Å². The molecule has 0 radical (unpaired) electrons. The SMILES string of the molecule is O=C1[C@@H]2[C@@H](CC(COc3ccccc3)=C([C@H](O)CC/C(=C/c3ccc(O)c4ccccc34)c3ccccc3)[C@@H]2CO)C(=O)N1c1cc(C(F)(F)F)cc(C(F)(F)F)c1. The van der Waals surface area contributed by atoms with Crippen LogP contribution in [-0.4, -0.2) is 46.5 Å². The van der Waals surface area contributed by atoms with Crippen LogP contribution in [0.15, 0.2) is 126 Å². The molecule has 0 bridgehead atoms. The number of nitrogens with zero attached hydrogens (tertiary/aromatic N) is 1. The molecule has 5 aromatic carbocycles. The Morgan fingerprint density at radius 3 is 2.02 bits per heavy atom. The van der Waals surface area contributed by atoms with E-state index in [9.17, 15) is 51.3 Å². The largest absolute Gasteiger partial charge is 0.507 e. The first-order chi connectivity index (χ1) is 27.7. The number of amides is 2. The number of aliphatic hydroxyl groups is 2. The number of anilines is 1. The van der Waals surface area contributed by atoms with Gasteiger partial charge in [0.2, 0.25) is 11.8 Å². The third-order valence-electron chi connectivity index (χ3n) is 10.8. The van der Waals surface area contributed by atoms with E-state index in [-0.39, 0.29) is 43.3 Å². The quantitative estimate of drug-likeness (QED) is 0.0532. The number of aliphatic hydroxyl groups excluding tert-OH is 2. The van der Waals surface area contributed by atoms with Gasteiger partial charge >= 0.3 is 12.4 Å². The van der Waals surface area contributed by atoms with Gasteiger partial charge in [0, 0.05) is 11.3 Å². The van der Waals surface area contributed by atoms with Crippen molar-refractivity contribution in [3.63, 3.8) is 0 Å². The maximum Gasteiger partial charge on any atom is 0.416 e. The Bertz CT molecular complexity index is 2360. The minimum absolute atomic E-state index is 0.0449. The molecule has 58 heavy (non-hydrogen) atoms. The second-order valence-electron chi connectivity index (χ2n) is 14.4. The van der Waals surface area contributed by atoms with Crippen molar-refractivity contribution in [1.29, 1.82) is 0 Å². The lowest BCUT2D eigenvalue weighted by Gasteiger charge is -2.36. The van der Waals surface area contributed by atoms with Crippen LogP contribution in [0.3, 0.4) is 0 Å². The fourth-order valence-electron chi connectivity index (χ4n) is 8.12. The number of phenolic OH excluding ortho intramolecular Hbond substituents is 1. The number of benzene rings is 5. The summed E-state index contributed by atoms with van der Waals surface area (Å²) in [5.41, 5.74) is -1.27. The molecule has 0 spiro atoms. The van der Waals surface area contributed by atoms with Gasteiger partial charge in [0.25, 0.3) is 0 Å². The normalized spacial score (nSPS) is 19.5. The molecule has 1 aliphatic carbocycles. The number of hydrogen-bond acceptors (Lipinski definition) is 6. The summed E-state index contributed by atoms with van der Waals surface area (Å²) < 4.78 is 89.1. The zero-order chi connectivity index (χ0) is 41.4. The van der Waals surface area contributed by atoms with E-state index in [1.807, 2.05) is 54.6 Å². The Balaban J connectivity index is 1.26. The van der Waals surface area contributed by atoms with E-state index in [1.165, 1.54) is 0 Å². The first-order valence-corrected chi connectivity index (χ1v) is 18.5. The third kappa shape index (κ3) is 8.09. The number of fused-ring (bicyclic) bond motifs is 2. The van der Waals surface area contributed by atoms with Crippen molar-refractivity contribution in [2.75, 3.05) is 18.1 Å². The lowest BCUT2D eigenvalue weighted by atomic mass is 9.68. The Morgan fingerprint density at radius 2 is 1.40 bits per heavy atom. The molecule has 13 heteroatoms. The van der Waals surface area contributed by atoms with Crippen molar-refractivity contribution >= 4 is 39.9 Å². The number of alkyl halides is 6. The van der Waals surface area contributed by atoms with E-state index in [2.05, 4.69) is 0 Å². The van der Waals surface area contributed by atoms with Crippen LogP contribution in [0.5, 0.6) is 11.5 Å². The van der Waals surface area contributed by atoms with Crippen LogP contribution in [0.2, 0.25) is 0 Å². The number of para-hydroxylation sites is 1. The summed E-state index contributed by atoms with van der Waals surface area (Å²) in [7, 11) is 0. The number of rotatable bonds is 11. The molecule has 7 nitrogen and oxygen atoms in total. The smallest absolute Gasteiger partial charge is 0.416 e. The Hall–Kier alpha value is -5.92. The van der Waals surface area contributed by atoms with E-state index < -0.39 is 71.4 Å². The van der Waals surface area contributed by atoms with Gasteiger partial charge in [-0.3, -0.25) is 9.59 Å². The maximum absolute atomic E-state index is 14.2. The molecule has 1 saturated heterocycles. The highest BCUT2D eigenvalue weighted by molar-refractivity contribution is 6.22. The van der Waals surface area contributed by atoms with Crippen molar-refractivity contribution in [3.8, 4) is 11.5 Å². The van der Waals surface area contributed by atoms with Gasteiger partial charge < -0.3 is 20.1 Å². The van der Waals surface area contributed by atoms with Crippen LogP contribution >= 0.6 is 0 Å². The molecule has 0 saturated carbocycles. The highest BCUT2D eigenvalue weighted by Crippen LogP contribution is 2.49. The molecule has 4 atom stereocenters. The third-order valence-corrected chi connectivity index (χ3v) is 10.8. The lowest BCUT2D eigenvalue weighted by molar-refractivity contribution is -0.143. The highest BCUT2D eigenvalue weighted by atomic mass is 19.4. The van der Waals surface area contributed by atoms with Crippen LogP contribution in [0.4, 0.5) is 32.0 Å². The Morgan fingerprint density at radius 1 is 0.793 bits per heavy atom. The number of allylic oxidation sites excluding steroid dienone is 1. The molecule has 5 aromatic rings. The van der Waals surface area contributed by atoms with Gasteiger partial charge in [-0.2, -0.15) is 26.3 Å². The number of aromatic hydroxyl groups is 1. The first kappa shape index (κ1) is 40.3. The monoisotopic (exact) mass is 801 g/mol. The van der Waals surface area contributed by atoms with Gasteiger partial charge in [-0.05, 0) is 88.9 Å². The first-order valence-electron chi connectivity index (χ1n) is 18.5. The zero-order valence-electron chi connectivity index (χ0n) is 30.7. The average Bonchev–Trinajstić information content (AvgIpc) is 3.46. The van der Waals surface area contributed by atoms with E-state index in [4.69, 9.17) is 4.74 Å².